The predicted octanol–water partition coefficient (Wildman–Crippen LogP) is 1.37. The van der Waals surface area contributed by atoms with E-state index >= 15 is 0 Å². The van der Waals surface area contributed by atoms with Crippen molar-refractivity contribution in [3.8, 4) is 5.75 Å². The lowest BCUT2D eigenvalue weighted by Gasteiger charge is -2.08. The van der Waals surface area contributed by atoms with Gasteiger partial charge in [0.2, 0.25) is 0 Å². The molecule has 4 N–H and O–H groups in total. The fourth-order valence-electron chi connectivity index (χ4n) is 2.00. The van der Waals surface area contributed by atoms with Crippen LogP contribution in [0.25, 0.3) is 0 Å². The minimum atomic E-state index is -0.346. The molecule has 1 atom stereocenters. The molecule has 1 aromatic carbocycles. The van der Waals surface area contributed by atoms with Crippen molar-refractivity contribution < 1.29 is 14.3 Å². The molecular formula is C17H26N5O3PS. The van der Waals surface area contributed by atoms with Crippen LogP contribution in [-0.4, -0.2) is 50.7 Å². The van der Waals surface area contributed by atoms with E-state index in [4.69, 9.17) is 16.5 Å². The Morgan fingerprint density at radius 1 is 1.30 bits per heavy atom. The molecule has 0 saturated carbocycles. The van der Waals surface area contributed by atoms with Gasteiger partial charge in [-0.1, -0.05) is 30.9 Å². The number of benzene rings is 1. The van der Waals surface area contributed by atoms with Gasteiger partial charge in [0.1, 0.15) is 5.75 Å². The molecule has 148 valence electrons. The summed E-state index contributed by atoms with van der Waals surface area (Å²) >= 11 is 4.73. The highest BCUT2D eigenvalue weighted by atomic mass is 32.4. The number of carbonyl (C=O) groups is 2. The van der Waals surface area contributed by atoms with Gasteiger partial charge < -0.3 is 20.7 Å². The number of hydrogen-bond donors (Lipinski definition) is 4. The van der Waals surface area contributed by atoms with Crippen molar-refractivity contribution in [3.05, 3.63) is 29.8 Å². The highest BCUT2D eigenvalue weighted by molar-refractivity contribution is 7.96. The monoisotopic (exact) mass is 411 g/mol. The molecule has 0 aliphatic carbocycles. The number of amides is 3. The van der Waals surface area contributed by atoms with Crippen molar-refractivity contribution in [3.63, 3.8) is 0 Å². The maximum atomic E-state index is 11.6. The number of rotatable bonds is 12. The number of ether oxygens (including phenoxy) is 1. The van der Waals surface area contributed by atoms with Gasteiger partial charge in [-0.15, -0.1) is 0 Å². The van der Waals surface area contributed by atoms with Gasteiger partial charge in [0.15, 0.2) is 6.61 Å². The Hall–Kier alpha value is -2.09. The molecule has 0 heterocycles. The molecule has 0 spiro atoms. The molecule has 3 amide bonds. The van der Waals surface area contributed by atoms with Crippen LogP contribution in [0.15, 0.2) is 29.4 Å². The smallest absolute Gasteiger partial charge is 0.335 e. The molecule has 0 aliphatic heterocycles. The molecule has 0 aliphatic rings. The van der Waals surface area contributed by atoms with Gasteiger partial charge in [0, 0.05) is 18.8 Å². The van der Waals surface area contributed by atoms with E-state index in [1.54, 1.807) is 18.3 Å². The molecule has 0 saturated heterocycles. The summed E-state index contributed by atoms with van der Waals surface area (Å²) in [5.41, 5.74) is 3.48. The first-order valence-electron chi connectivity index (χ1n) is 8.60. The van der Waals surface area contributed by atoms with Crippen molar-refractivity contribution in [2.75, 3.05) is 26.5 Å². The fourth-order valence-corrected chi connectivity index (χ4v) is 2.44. The molecule has 0 bridgehead atoms. The van der Waals surface area contributed by atoms with E-state index in [0.717, 1.165) is 12.0 Å². The maximum Gasteiger partial charge on any atom is 0.335 e. The normalized spacial score (nSPS) is 11.9. The van der Waals surface area contributed by atoms with Crippen LogP contribution in [0.5, 0.6) is 5.75 Å². The predicted molar refractivity (Wildman–Crippen MR) is 111 cm³/mol. The molecule has 1 rings (SSSR count). The van der Waals surface area contributed by atoms with Crippen molar-refractivity contribution >= 4 is 37.3 Å². The third-order valence-corrected chi connectivity index (χ3v) is 4.24. The van der Waals surface area contributed by atoms with E-state index < -0.39 is 0 Å². The minimum Gasteiger partial charge on any atom is -0.484 e. The lowest BCUT2D eigenvalue weighted by atomic mass is 10.1. The van der Waals surface area contributed by atoms with Crippen LogP contribution in [0.4, 0.5) is 4.79 Å². The number of hydrazone groups is 1. The summed E-state index contributed by atoms with van der Waals surface area (Å²) in [6.07, 6.45) is 3.66. The van der Waals surface area contributed by atoms with E-state index in [0.29, 0.717) is 32.4 Å². The highest BCUT2D eigenvalue weighted by Gasteiger charge is 2.03. The Balaban J connectivity index is 2.26. The molecule has 8 nitrogen and oxygen atoms in total. The molecule has 0 radical (unpaired) electrons. The average Bonchev–Trinajstić information content (AvgIpc) is 2.69. The second-order valence-corrected chi connectivity index (χ2v) is 6.87. The summed E-state index contributed by atoms with van der Waals surface area (Å²) in [5.74, 6) is 0.411. The van der Waals surface area contributed by atoms with Gasteiger partial charge >= 0.3 is 6.03 Å². The second-order valence-electron chi connectivity index (χ2n) is 5.52. The zero-order chi connectivity index (χ0) is 19.9. The van der Waals surface area contributed by atoms with Crippen molar-refractivity contribution in [1.82, 2.24) is 21.4 Å². The summed E-state index contributed by atoms with van der Waals surface area (Å²) in [7, 11) is 2.53. The SMILES string of the molecule is CCC(/C=N\NC(=O)NCCc1ccc(OCC(=O)NCP=S)cc1)NC. The molecule has 10 heteroatoms. The summed E-state index contributed by atoms with van der Waals surface area (Å²) in [6.45, 7) is 2.47. The first-order valence-corrected chi connectivity index (χ1v) is 10.7. The molecular weight excluding hydrogens is 385 g/mol. The first-order chi connectivity index (χ1) is 13.1. The van der Waals surface area contributed by atoms with Gasteiger partial charge in [-0.2, -0.15) is 5.10 Å². The van der Waals surface area contributed by atoms with E-state index in [1.807, 2.05) is 26.1 Å². The summed E-state index contributed by atoms with van der Waals surface area (Å²) in [6, 6.07) is 7.17. The molecule has 0 fully saturated rings. The van der Waals surface area contributed by atoms with Gasteiger partial charge in [-0.3, -0.25) is 4.79 Å². The summed E-state index contributed by atoms with van der Waals surface area (Å²) in [4.78, 5) is 23.1. The van der Waals surface area contributed by atoms with Gasteiger partial charge in [-0.25, -0.2) is 10.2 Å². The highest BCUT2D eigenvalue weighted by Crippen LogP contribution is 2.12. The quantitative estimate of drug-likeness (QED) is 0.236. The van der Waals surface area contributed by atoms with Crippen molar-refractivity contribution in [2.45, 2.75) is 25.8 Å². The molecule has 1 aromatic rings. The van der Waals surface area contributed by atoms with E-state index in [-0.39, 0.29) is 24.6 Å². The number of nitrogens with one attached hydrogen (secondary N) is 4. The molecule has 1 unspecified atom stereocenters. The van der Waals surface area contributed by atoms with Crippen molar-refractivity contribution in [2.24, 2.45) is 5.10 Å². The Kier molecular flexibility index (Phi) is 11.9. The van der Waals surface area contributed by atoms with Gasteiger partial charge in [-0.05, 0) is 44.9 Å². The maximum absolute atomic E-state index is 11.6. The van der Waals surface area contributed by atoms with Gasteiger partial charge in [0.25, 0.3) is 5.91 Å². The number of hydrogen-bond acceptors (Lipinski definition) is 6. The van der Waals surface area contributed by atoms with Gasteiger partial charge in [0.05, 0.1) is 6.29 Å². The number of nitrogens with zero attached hydrogens (tertiary/aromatic N) is 1. The summed E-state index contributed by atoms with van der Waals surface area (Å²) in [5, 5.41) is 12.3. The van der Waals surface area contributed by atoms with Crippen LogP contribution in [0.1, 0.15) is 18.9 Å². The first kappa shape index (κ1) is 23.0. The van der Waals surface area contributed by atoms with Crippen LogP contribution in [-0.2, 0) is 23.0 Å². The minimum absolute atomic E-state index is 0.0428. The lowest BCUT2D eigenvalue weighted by molar-refractivity contribution is -0.122. The standard InChI is InChI=1S/C17H26N5O3PS/c1-3-14(18-2)10-21-22-17(24)19-9-8-13-4-6-15(7-5-13)25-11-16(23)20-12-26-27/h4-7,10,14,18H,3,8-9,11-12H2,1-2H3,(H,20,23)(H2,19,22,24)/b21-10-. The lowest BCUT2D eigenvalue weighted by Crippen LogP contribution is -2.35. The van der Waals surface area contributed by atoms with Crippen LogP contribution in [0.2, 0.25) is 0 Å². The Labute approximate surface area is 166 Å². The Morgan fingerprint density at radius 3 is 2.67 bits per heavy atom. The number of urea groups is 1. The van der Waals surface area contributed by atoms with Crippen LogP contribution in [0.3, 0.4) is 0 Å². The largest absolute Gasteiger partial charge is 0.484 e. The van der Waals surface area contributed by atoms with Crippen LogP contribution >= 0.6 is 7.36 Å². The van der Waals surface area contributed by atoms with E-state index in [2.05, 4.69) is 26.5 Å². The third-order valence-electron chi connectivity index (χ3n) is 3.56. The third kappa shape index (κ3) is 10.6. The Morgan fingerprint density at radius 2 is 2.04 bits per heavy atom. The summed E-state index contributed by atoms with van der Waals surface area (Å²) < 4.78 is 5.39. The van der Waals surface area contributed by atoms with Crippen LogP contribution < -0.4 is 26.1 Å². The topological polar surface area (TPSA) is 104 Å². The van der Waals surface area contributed by atoms with Crippen molar-refractivity contribution in [1.29, 1.82) is 0 Å². The van der Waals surface area contributed by atoms with Crippen LogP contribution in [0, 0.1) is 0 Å². The zero-order valence-electron chi connectivity index (χ0n) is 15.5. The van der Waals surface area contributed by atoms with E-state index in [1.165, 1.54) is 0 Å². The van der Waals surface area contributed by atoms with E-state index in [9.17, 15) is 9.59 Å². The fraction of sp³-hybridized carbons (Fsp3) is 0.471. The number of carbonyl (C=O) groups excluding carboxylic acids is 2. The zero-order valence-corrected chi connectivity index (χ0v) is 17.2. The Bertz CT molecular complexity index is 623. The molecule has 0 aromatic heterocycles. The second kappa shape index (κ2) is 14.0. The molecule has 27 heavy (non-hydrogen) atoms. The average molecular weight is 411 g/mol.